The van der Waals surface area contributed by atoms with Crippen LogP contribution >= 0.6 is 0 Å². The van der Waals surface area contributed by atoms with Crippen molar-refractivity contribution >= 4 is 0 Å². The van der Waals surface area contributed by atoms with Crippen LogP contribution in [0.4, 0.5) is 0 Å². The van der Waals surface area contributed by atoms with Crippen LogP contribution in [-0.2, 0) is 6.54 Å². The number of rotatable bonds is 6. The lowest BCUT2D eigenvalue weighted by Gasteiger charge is -2.09. The summed E-state index contributed by atoms with van der Waals surface area (Å²) in [5.74, 6) is 0.902. The van der Waals surface area contributed by atoms with Crippen molar-refractivity contribution in [1.82, 2.24) is 0 Å². The van der Waals surface area contributed by atoms with Gasteiger partial charge in [-0.05, 0) is 18.9 Å². The molecule has 0 aliphatic carbocycles. The number of hydrogen-bond donors (Lipinski definition) is 1. The standard InChI is InChI=1S/C12H17NO/c1-2-3-6-9-14-12-8-5-4-7-11(12)10-13/h2,4-5,7-8H,1,3,6,9-10,13H2. The topological polar surface area (TPSA) is 35.2 Å². The Hall–Kier alpha value is -1.28. The van der Waals surface area contributed by atoms with E-state index in [1.54, 1.807) is 0 Å². The Bertz CT molecular complexity index is 283. The van der Waals surface area contributed by atoms with Gasteiger partial charge in [-0.2, -0.15) is 0 Å². The van der Waals surface area contributed by atoms with E-state index in [2.05, 4.69) is 6.58 Å². The summed E-state index contributed by atoms with van der Waals surface area (Å²) < 4.78 is 5.60. The predicted molar refractivity (Wildman–Crippen MR) is 59.3 cm³/mol. The van der Waals surface area contributed by atoms with Crippen LogP contribution in [-0.4, -0.2) is 6.61 Å². The zero-order valence-corrected chi connectivity index (χ0v) is 8.41. The molecular weight excluding hydrogens is 174 g/mol. The van der Waals surface area contributed by atoms with Crippen LogP contribution in [0.1, 0.15) is 18.4 Å². The summed E-state index contributed by atoms with van der Waals surface area (Å²) in [7, 11) is 0. The molecule has 0 saturated carbocycles. The first-order valence-electron chi connectivity index (χ1n) is 4.90. The molecule has 0 saturated heterocycles. The van der Waals surface area contributed by atoms with Gasteiger partial charge in [0.05, 0.1) is 6.61 Å². The molecule has 0 aromatic heterocycles. The molecule has 0 aliphatic heterocycles. The van der Waals surface area contributed by atoms with Crippen LogP contribution in [0.2, 0.25) is 0 Å². The van der Waals surface area contributed by atoms with Crippen LogP contribution in [0, 0.1) is 0 Å². The second kappa shape index (κ2) is 6.22. The van der Waals surface area contributed by atoms with Crippen molar-refractivity contribution in [3.8, 4) is 5.75 Å². The monoisotopic (exact) mass is 191 g/mol. The first-order valence-corrected chi connectivity index (χ1v) is 4.90. The molecule has 0 amide bonds. The zero-order chi connectivity index (χ0) is 10.2. The summed E-state index contributed by atoms with van der Waals surface area (Å²) >= 11 is 0. The minimum absolute atomic E-state index is 0.525. The largest absolute Gasteiger partial charge is 0.493 e. The van der Waals surface area contributed by atoms with Crippen LogP contribution in [0.5, 0.6) is 5.75 Å². The van der Waals surface area contributed by atoms with Gasteiger partial charge in [0.25, 0.3) is 0 Å². The minimum Gasteiger partial charge on any atom is -0.493 e. The van der Waals surface area contributed by atoms with E-state index in [-0.39, 0.29) is 0 Å². The number of allylic oxidation sites excluding steroid dienone is 1. The Kier molecular flexibility index (Phi) is 4.79. The molecular formula is C12H17NO. The molecule has 0 bridgehead atoms. The van der Waals surface area contributed by atoms with Crippen LogP contribution in [0.15, 0.2) is 36.9 Å². The lowest BCUT2D eigenvalue weighted by molar-refractivity contribution is 0.309. The van der Waals surface area contributed by atoms with Crippen molar-refractivity contribution in [2.75, 3.05) is 6.61 Å². The maximum absolute atomic E-state index is 5.60. The number of unbranched alkanes of at least 4 members (excludes halogenated alkanes) is 1. The van der Waals surface area contributed by atoms with Crippen LogP contribution in [0.25, 0.3) is 0 Å². The lowest BCUT2D eigenvalue weighted by atomic mass is 10.2. The Morgan fingerprint density at radius 2 is 2.14 bits per heavy atom. The Labute approximate surface area is 85.4 Å². The molecule has 0 heterocycles. The van der Waals surface area contributed by atoms with E-state index in [1.165, 1.54) is 0 Å². The predicted octanol–water partition coefficient (Wildman–Crippen LogP) is 2.49. The molecule has 0 atom stereocenters. The quantitative estimate of drug-likeness (QED) is 0.554. The smallest absolute Gasteiger partial charge is 0.123 e. The molecule has 1 aromatic rings. The van der Waals surface area contributed by atoms with E-state index in [0.29, 0.717) is 6.54 Å². The molecule has 0 fully saturated rings. The van der Waals surface area contributed by atoms with Crippen LogP contribution < -0.4 is 10.5 Å². The van der Waals surface area contributed by atoms with Gasteiger partial charge >= 0.3 is 0 Å². The zero-order valence-electron chi connectivity index (χ0n) is 8.41. The Morgan fingerprint density at radius 1 is 1.36 bits per heavy atom. The summed E-state index contributed by atoms with van der Waals surface area (Å²) in [5.41, 5.74) is 6.65. The molecule has 0 radical (unpaired) electrons. The molecule has 14 heavy (non-hydrogen) atoms. The molecule has 0 aliphatic rings. The Balaban J connectivity index is 2.44. The van der Waals surface area contributed by atoms with Gasteiger partial charge in [0.1, 0.15) is 5.75 Å². The van der Waals surface area contributed by atoms with Gasteiger partial charge in [-0.3, -0.25) is 0 Å². The third-order valence-corrected chi connectivity index (χ3v) is 2.00. The summed E-state index contributed by atoms with van der Waals surface area (Å²) in [6, 6.07) is 7.87. The summed E-state index contributed by atoms with van der Waals surface area (Å²) in [5, 5.41) is 0. The number of hydrogen-bond acceptors (Lipinski definition) is 2. The molecule has 0 spiro atoms. The van der Waals surface area contributed by atoms with Gasteiger partial charge in [0.15, 0.2) is 0 Å². The van der Waals surface area contributed by atoms with Crippen molar-refractivity contribution < 1.29 is 4.74 Å². The third-order valence-electron chi connectivity index (χ3n) is 2.00. The average Bonchev–Trinajstić information content (AvgIpc) is 2.25. The fraction of sp³-hybridized carbons (Fsp3) is 0.333. The number of nitrogens with two attached hydrogens (primary N) is 1. The van der Waals surface area contributed by atoms with Gasteiger partial charge in [-0.15, -0.1) is 6.58 Å². The number of para-hydroxylation sites is 1. The van der Waals surface area contributed by atoms with Gasteiger partial charge in [0, 0.05) is 12.1 Å². The van der Waals surface area contributed by atoms with Gasteiger partial charge in [-0.1, -0.05) is 24.3 Å². The molecule has 1 aromatic carbocycles. The SMILES string of the molecule is C=CCCCOc1ccccc1CN. The van der Waals surface area contributed by atoms with Gasteiger partial charge in [-0.25, -0.2) is 0 Å². The summed E-state index contributed by atoms with van der Waals surface area (Å²) in [6.45, 7) is 4.91. The van der Waals surface area contributed by atoms with Gasteiger partial charge in [0.2, 0.25) is 0 Å². The normalized spacial score (nSPS) is 9.79. The lowest BCUT2D eigenvalue weighted by Crippen LogP contribution is -2.03. The fourth-order valence-corrected chi connectivity index (χ4v) is 1.22. The van der Waals surface area contributed by atoms with E-state index in [1.807, 2.05) is 30.3 Å². The van der Waals surface area contributed by atoms with Crippen molar-refractivity contribution in [2.24, 2.45) is 5.73 Å². The summed E-state index contributed by atoms with van der Waals surface area (Å²) in [4.78, 5) is 0. The fourth-order valence-electron chi connectivity index (χ4n) is 1.22. The van der Waals surface area contributed by atoms with Crippen molar-refractivity contribution in [1.29, 1.82) is 0 Å². The second-order valence-electron chi connectivity index (χ2n) is 3.09. The third kappa shape index (κ3) is 3.23. The molecule has 2 heteroatoms. The van der Waals surface area contributed by atoms with Crippen molar-refractivity contribution in [3.63, 3.8) is 0 Å². The van der Waals surface area contributed by atoms with E-state index in [9.17, 15) is 0 Å². The highest BCUT2D eigenvalue weighted by molar-refractivity contribution is 5.32. The minimum atomic E-state index is 0.525. The number of benzene rings is 1. The molecule has 2 nitrogen and oxygen atoms in total. The molecule has 76 valence electrons. The van der Waals surface area contributed by atoms with Crippen molar-refractivity contribution in [2.45, 2.75) is 19.4 Å². The average molecular weight is 191 g/mol. The maximum atomic E-state index is 5.60. The highest BCUT2D eigenvalue weighted by atomic mass is 16.5. The van der Waals surface area contributed by atoms with E-state index in [4.69, 9.17) is 10.5 Å². The summed E-state index contributed by atoms with van der Waals surface area (Å²) in [6.07, 6.45) is 3.89. The van der Waals surface area contributed by atoms with E-state index in [0.717, 1.165) is 30.8 Å². The van der Waals surface area contributed by atoms with Crippen LogP contribution in [0.3, 0.4) is 0 Å². The molecule has 1 rings (SSSR count). The highest BCUT2D eigenvalue weighted by Gasteiger charge is 1.99. The van der Waals surface area contributed by atoms with Crippen molar-refractivity contribution in [3.05, 3.63) is 42.5 Å². The number of ether oxygens (including phenoxy) is 1. The Morgan fingerprint density at radius 3 is 2.86 bits per heavy atom. The molecule has 2 N–H and O–H groups in total. The molecule has 0 unspecified atom stereocenters. The second-order valence-corrected chi connectivity index (χ2v) is 3.09. The van der Waals surface area contributed by atoms with E-state index >= 15 is 0 Å². The maximum Gasteiger partial charge on any atom is 0.123 e. The van der Waals surface area contributed by atoms with E-state index < -0.39 is 0 Å². The first kappa shape index (κ1) is 10.8. The highest BCUT2D eigenvalue weighted by Crippen LogP contribution is 2.17. The first-order chi connectivity index (χ1) is 6.88. The van der Waals surface area contributed by atoms with Gasteiger partial charge < -0.3 is 10.5 Å².